The van der Waals surface area contributed by atoms with Crippen molar-refractivity contribution in [2.24, 2.45) is 29.6 Å². The predicted molar refractivity (Wildman–Crippen MR) is 166 cm³/mol. The Morgan fingerprint density at radius 3 is 2.38 bits per heavy atom. The van der Waals surface area contributed by atoms with Crippen molar-refractivity contribution in [3.05, 3.63) is 68.1 Å². The standard InChI is InChI=1S/C32H31N3O8S2/c1-4-43-31(39)14-5-8-16(9-6-14)33-21(36)13-35-29(37)24-17-12-18(25(24)30(35)38)26-23(17)22(27-28(44-26)34-32(40)45-27)15-7-10-19(41-2)20(11-15)42-3/h5-11,17-18,22-26H,4,12-13H2,1-3H3,(H,33,36)(H,34,40). The van der Waals surface area contributed by atoms with Gasteiger partial charge in [-0.1, -0.05) is 17.4 Å². The summed E-state index contributed by atoms with van der Waals surface area (Å²) in [6, 6.07) is 12.0. The Kier molecular flexibility index (Phi) is 7.47. The van der Waals surface area contributed by atoms with E-state index in [4.69, 9.17) is 14.2 Å². The van der Waals surface area contributed by atoms with E-state index >= 15 is 0 Å². The van der Waals surface area contributed by atoms with Crippen LogP contribution in [0.3, 0.4) is 0 Å². The molecule has 3 amide bonds. The van der Waals surface area contributed by atoms with Crippen molar-refractivity contribution in [3.8, 4) is 11.5 Å². The van der Waals surface area contributed by atoms with Gasteiger partial charge >= 0.3 is 10.8 Å². The molecule has 1 saturated heterocycles. The molecule has 1 aromatic heterocycles. The number of imide groups is 1. The summed E-state index contributed by atoms with van der Waals surface area (Å²) < 4.78 is 16.0. The summed E-state index contributed by atoms with van der Waals surface area (Å²) in [6.45, 7) is 1.59. The van der Waals surface area contributed by atoms with Gasteiger partial charge in [-0.05, 0) is 73.1 Å². The number of thiazole rings is 1. The number of thioether (sulfide) groups is 1. The second kappa shape index (κ2) is 11.4. The van der Waals surface area contributed by atoms with Gasteiger partial charge in [0, 0.05) is 21.7 Å². The zero-order valence-corrected chi connectivity index (χ0v) is 26.4. The van der Waals surface area contributed by atoms with E-state index in [9.17, 15) is 24.0 Å². The molecule has 2 aliphatic carbocycles. The van der Waals surface area contributed by atoms with Gasteiger partial charge in [-0.3, -0.25) is 24.1 Å². The topological polar surface area (TPSA) is 144 Å². The van der Waals surface area contributed by atoms with Crippen LogP contribution in [0.5, 0.6) is 11.5 Å². The lowest BCUT2D eigenvalue weighted by Gasteiger charge is -2.43. The van der Waals surface area contributed by atoms with Gasteiger partial charge in [0.05, 0.1) is 43.3 Å². The summed E-state index contributed by atoms with van der Waals surface area (Å²) in [5.41, 5.74) is 1.76. The molecule has 2 aliphatic heterocycles. The smallest absolute Gasteiger partial charge is 0.338 e. The number of amides is 3. The van der Waals surface area contributed by atoms with Gasteiger partial charge in [-0.15, -0.1) is 11.8 Å². The van der Waals surface area contributed by atoms with Crippen LogP contribution in [0, 0.1) is 29.6 Å². The highest BCUT2D eigenvalue weighted by molar-refractivity contribution is 8.00. The number of nitrogens with zero attached hydrogens (tertiary/aromatic N) is 1. The maximum Gasteiger partial charge on any atom is 0.338 e. The summed E-state index contributed by atoms with van der Waals surface area (Å²) in [5, 5.41) is 3.57. The van der Waals surface area contributed by atoms with E-state index in [1.54, 1.807) is 57.2 Å². The third-order valence-electron chi connectivity index (χ3n) is 9.56. The maximum atomic E-state index is 13.9. The molecule has 7 atom stereocenters. The first-order valence-electron chi connectivity index (χ1n) is 14.8. The van der Waals surface area contributed by atoms with Crippen molar-refractivity contribution in [1.82, 2.24) is 9.88 Å². The lowest BCUT2D eigenvalue weighted by molar-refractivity contribution is -0.143. The van der Waals surface area contributed by atoms with Gasteiger partial charge in [-0.25, -0.2) is 4.79 Å². The number of anilines is 1. The van der Waals surface area contributed by atoms with E-state index in [0.29, 0.717) is 22.7 Å². The highest BCUT2D eigenvalue weighted by Crippen LogP contribution is 2.68. The minimum absolute atomic E-state index is 0.0155. The summed E-state index contributed by atoms with van der Waals surface area (Å²) >= 11 is 2.80. The number of hydrogen-bond donors (Lipinski definition) is 2. The van der Waals surface area contributed by atoms with E-state index in [2.05, 4.69) is 10.3 Å². The highest BCUT2D eigenvalue weighted by Gasteiger charge is 2.69. The molecular weight excluding hydrogens is 618 g/mol. The van der Waals surface area contributed by atoms with E-state index < -0.39 is 23.7 Å². The van der Waals surface area contributed by atoms with E-state index in [0.717, 1.165) is 26.8 Å². The molecule has 7 rings (SSSR count). The second-order valence-electron chi connectivity index (χ2n) is 11.7. The Labute approximate surface area is 266 Å². The number of benzene rings is 2. The number of carbonyl (C=O) groups excluding carboxylic acids is 4. The Morgan fingerprint density at radius 1 is 0.978 bits per heavy atom. The van der Waals surface area contributed by atoms with Crippen LogP contribution in [0.25, 0.3) is 0 Å². The molecule has 3 aromatic rings. The molecule has 234 valence electrons. The molecule has 0 spiro atoms. The molecule has 45 heavy (non-hydrogen) atoms. The van der Waals surface area contributed by atoms with Crippen molar-refractivity contribution in [2.45, 2.75) is 29.5 Å². The number of aromatic nitrogens is 1. The van der Waals surface area contributed by atoms with Gasteiger partial charge < -0.3 is 24.5 Å². The SMILES string of the molecule is CCOC(=O)c1ccc(NC(=O)CN2C(=O)C3C4CC(C3C2=O)C2C(c3ccc(OC)c(OC)c3)c3sc(=O)[nH]c3SC42)cc1. The Balaban J connectivity index is 1.14. The number of rotatable bonds is 8. The molecule has 13 heteroatoms. The number of methoxy groups -OCH3 is 2. The quantitative estimate of drug-likeness (QED) is 0.276. The Morgan fingerprint density at radius 2 is 1.69 bits per heavy atom. The minimum atomic E-state index is -0.513. The molecule has 4 aliphatic rings. The first-order chi connectivity index (χ1) is 21.7. The van der Waals surface area contributed by atoms with Gasteiger partial charge in [-0.2, -0.15) is 0 Å². The first-order valence-corrected chi connectivity index (χ1v) is 16.5. The van der Waals surface area contributed by atoms with Crippen molar-refractivity contribution in [2.75, 3.05) is 32.7 Å². The third kappa shape index (κ3) is 4.75. The number of likely N-dealkylation sites (tertiary alicyclic amines) is 1. The molecular formula is C32H31N3O8S2. The molecule has 7 unspecified atom stereocenters. The minimum Gasteiger partial charge on any atom is -0.493 e. The highest BCUT2D eigenvalue weighted by atomic mass is 32.2. The average Bonchev–Trinajstić information content (AvgIpc) is 3.77. The van der Waals surface area contributed by atoms with Crippen LogP contribution in [-0.4, -0.2) is 66.2 Å². The van der Waals surface area contributed by atoms with Crippen molar-refractivity contribution in [1.29, 1.82) is 0 Å². The van der Waals surface area contributed by atoms with Crippen molar-refractivity contribution in [3.63, 3.8) is 0 Å². The molecule has 2 N–H and O–H groups in total. The maximum absolute atomic E-state index is 13.9. The molecule has 2 aromatic carbocycles. The lowest BCUT2D eigenvalue weighted by atomic mass is 9.68. The van der Waals surface area contributed by atoms with Crippen LogP contribution in [0.15, 0.2) is 52.3 Å². The number of fused-ring (bicyclic) bond motifs is 9. The van der Waals surface area contributed by atoms with Crippen LogP contribution in [0.1, 0.15) is 40.1 Å². The van der Waals surface area contributed by atoms with E-state index in [-0.39, 0.29) is 58.8 Å². The van der Waals surface area contributed by atoms with Crippen molar-refractivity contribution < 1.29 is 33.4 Å². The summed E-state index contributed by atoms with van der Waals surface area (Å²) in [5.74, 6) is -1.70. The monoisotopic (exact) mass is 649 g/mol. The molecule has 3 fully saturated rings. The van der Waals surface area contributed by atoms with Gasteiger partial charge in [0.1, 0.15) is 6.54 Å². The zero-order chi connectivity index (χ0) is 31.6. The van der Waals surface area contributed by atoms with Gasteiger partial charge in [0.2, 0.25) is 17.7 Å². The number of ether oxygens (including phenoxy) is 3. The number of esters is 1. The fourth-order valence-electron chi connectivity index (χ4n) is 7.90. The Bertz CT molecular complexity index is 1770. The largest absolute Gasteiger partial charge is 0.493 e. The fraction of sp³-hybridized carbons (Fsp3) is 0.406. The molecule has 0 radical (unpaired) electrons. The second-order valence-corrected chi connectivity index (χ2v) is 13.9. The fourth-order valence-corrected chi connectivity index (χ4v) is 10.8. The predicted octanol–water partition coefficient (Wildman–Crippen LogP) is 3.74. The van der Waals surface area contributed by atoms with Crippen LogP contribution in [-0.2, 0) is 19.1 Å². The van der Waals surface area contributed by atoms with Crippen LogP contribution in [0.2, 0.25) is 0 Å². The number of hydrogen-bond acceptors (Lipinski definition) is 10. The summed E-state index contributed by atoms with van der Waals surface area (Å²) in [6.07, 6.45) is 0.741. The van der Waals surface area contributed by atoms with Gasteiger partial charge in [0.15, 0.2) is 11.5 Å². The lowest BCUT2D eigenvalue weighted by Crippen LogP contribution is -2.42. The molecule has 2 bridgehead atoms. The summed E-state index contributed by atoms with van der Waals surface area (Å²) in [4.78, 5) is 70.0. The number of nitrogens with one attached hydrogen (secondary N) is 2. The number of carbonyl (C=O) groups is 4. The number of aromatic amines is 1. The first kappa shape index (κ1) is 29.6. The van der Waals surface area contributed by atoms with Crippen LogP contribution < -0.4 is 19.7 Å². The molecule has 3 heterocycles. The zero-order valence-electron chi connectivity index (χ0n) is 24.7. The molecule has 2 saturated carbocycles. The summed E-state index contributed by atoms with van der Waals surface area (Å²) in [7, 11) is 3.16. The average molecular weight is 650 g/mol. The third-order valence-corrected chi connectivity index (χ3v) is 12.2. The van der Waals surface area contributed by atoms with Gasteiger partial charge in [0.25, 0.3) is 0 Å². The number of H-pyrrole nitrogens is 1. The van der Waals surface area contributed by atoms with Crippen molar-refractivity contribution >= 4 is 52.5 Å². The van der Waals surface area contributed by atoms with Crippen LogP contribution in [0.4, 0.5) is 5.69 Å². The van der Waals surface area contributed by atoms with Crippen LogP contribution >= 0.6 is 23.1 Å². The van der Waals surface area contributed by atoms with E-state index in [1.807, 2.05) is 18.2 Å². The molecule has 11 nitrogen and oxygen atoms in total. The Hall–Kier alpha value is -4.10. The normalized spacial score (nSPS) is 27.5. The van der Waals surface area contributed by atoms with E-state index in [1.165, 1.54) is 11.3 Å².